The van der Waals surface area contributed by atoms with Crippen molar-refractivity contribution in [3.63, 3.8) is 0 Å². The molecule has 0 spiro atoms. The van der Waals surface area contributed by atoms with Crippen LogP contribution >= 0.6 is 0 Å². The van der Waals surface area contributed by atoms with E-state index in [0.29, 0.717) is 6.42 Å². The van der Waals surface area contributed by atoms with Crippen LogP contribution in [0.4, 0.5) is 0 Å². The van der Waals surface area contributed by atoms with Gasteiger partial charge >= 0.3 is 0 Å². The van der Waals surface area contributed by atoms with Gasteiger partial charge in [0.1, 0.15) is 12.1 Å². The summed E-state index contributed by atoms with van der Waals surface area (Å²) < 4.78 is 0. The summed E-state index contributed by atoms with van der Waals surface area (Å²) in [5, 5.41) is 0. The third-order valence-electron chi connectivity index (χ3n) is 1.84. The molecule has 0 fully saturated rings. The highest BCUT2D eigenvalue weighted by molar-refractivity contribution is 5.84. The molecule has 4 nitrogen and oxygen atoms in total. The lowest BCUT2D eigenvalue weighted by Crippen LogP contribution is -2.00. The summed E-state index contributed by atoms with van der Waals surface area (Å²) in [5.41, 5.74) is 2.48. The minimum atomic E-state index is 0.106. The van der Waals surface area contributed by atoms with Crippen LogP contribution < -0.4 is 0 Å². The molecule has 0 aliphatic heterocycles. The van der Waals surface area contributed by atoms with Crippen LogP contribution in [0, 0.1) is 0 Å². The first-order valence-electron chi connectivity index (χ1n) is 4.04. The van der Waals surface area contributed by atoms with Crippen molar-refractivity contribution in [2.75, 3.05) is 0 Å². The third kappa shape index (κ3) is 1.42. The summed E-state index contributed by atoms with van der Waals surface area (Å²) in [6, 6.07) is 1.86. The number of carbonyl (C=O) groups is 1. The second-order valence-corrected chi connectivity index (χ2v) is 2.94. The molecule has 2 rings (SSSR count). The number of hydrogen-bond donors (Lipinski definition) is 1. The fraction of sp³-hybridized carbons (Fsp3) is 0.222. The second kappa shape index (κ2) is 2.97. The van der Waals surface area contributed by atoms with Gasteiger partial charge in [0.05, 0.1) is 23.1 Å². The first-order chi connectivity index (χ1) is 6.27. The van der Waals surface area contributed by atoms with Crippen molar-refractivity contribution in [1.82, 2.24) is 15.0 Å². The Hall–Kier alpha value is -1.71. The molecule has 2 heterocycles. The molecule has 0 unspecified atom stereocenters. The van der Waals surface area contributed by atoms with Gasteiger partial charge in [-0.15, -0.1) is 0 Å². The molecular weight excluding hydrogens is 166 g/mol. The Labute approximate surface area is 75.0 Å². The van der Waals surface area contributed by atoms with E-state index in [1.54, 1.807) is 13.1 Å². The standard InChI is InChI=1S/C9H9N3O/c1-6(13)4-8-9-7(2-3-10-9)11-5-12-8/h2-3,5,10H,4H2,1H3. The predicted octanol–water partition coefficient (Wildman–Crippen LogP) is 1.09. The Morgan fingerprint density at radius 3 is 3.15 bits per heavy atom. The van der Waals surface area contributed by atoms with E-state index in [-0.39, 0.29) is 5.78 Å². The van der Waals surface area contributed by atoms with E-state index in [0.717, 1.165) is 16.7 Å². The van der Waals surface area contributed by atoms with Crippen molar-refractivity contribution < 1.29 is 4.79 Å². The molecule has 0 amide bonds. The van der Waals surface area contributed by atoms with Gasteiger partial charge < -0.3 is 4.98 Å². The van der Waals surface area contributed by atoms with Gasteiger partial charge in [0.2, 0.25) is 0 Å². The zero-order valence-corrected chi connectivity index (χ0v) is 7.24. The van der Waals surface area contributed by atoms with Gasteiger partial charge in [-0.2, -0.15) is 0 Å². The molecule has 1 N–H and O–H groups in total. The lowest BCUT2D eigenvalue weighted by molar-refractivity contribution is -0.116. The van der Waals surface area contributed by atoms with E-state index in [4.69, 9.17) is 0 Å². The van der Waals surface area contributed by atoms with E-state index >= 15 is 0 Å². The highest BCUT2D eigenvalue weighted by Crippen LogP contribution is 2.12. The van der Waals surface area contributed by atoms with Crippen molar-refractivity contribution in [3.8, 4) is 0 Å². The molecule has 13 heavy (non-hydrogen) atoms. The van der Waals surface area contributed by atoms with Crippen molar-refractivity contribution >= 4 is 16.8 Å². The van der Waals surface area contributed by atoms with Gasteiger partial charge in [-0.1, -0.05) is 0 Å². The number of nitrogens with one attached hydrogen (secondary N) is 1. The minimum absolute atomic E-state index is 0.106. The van der Waals surface area contributed by atoms with Crippen LogP contribution in [0.25, 0.3) is 11.0 Å². The number of H-pyrrole nitrogens is 1. The quantitative estimate of drug-likeness (QED) is 0.743. The molecule has 0 aromatic carbocycles. The van der Waals surface area contributed by atoms with Gasteiger partial charge in [-0.3, -0.25) is 4.79 Å². The molecule has 0 radical (unpaired) electrons. The molecular formula is C9H9N3O. The van der Waals surface area contributed by atoms with Crippen LogP contribution in [0.15, 0.2) is 18.6 Å². The third-order valence-corrected chi connectivity index (χ3v) is 1.84. The maximum absolute atomic E-state index is 10.9. The molecule has 66 valence electrons. The maximum Gasteiger partial charge on any atom is 0.135 e. The molecule has 2 aromatic rings. The van der Waals surface area contributed by atoms with E-state index in [2.05, 4.69) is 15.0 Å². The van der Waals surface area contributed by atoms with Crippen molar-refractivity contribution in [1.29, 1.82) is 0 Å². The summed E-state index contributed by atoms with van der Waals surface area (Å²) in [6.07, 6.45) is 3.64. The zero-order chi connectivity index (χ0) is 9.26. The Kier molecular flexibility index (Phi) is 1.81. The summed E-state index contributed by atoms with van der Waals surface area (Å²) >= 11 is 0. The minimum Gasteiger partial charge on any atom is -0.358 e. The van der Waals surface area contributed by atoms with Gasteiger partial charge in [0.25, 0.3) is 0 Å². The van der Waals surface area contributed by atoms with Gasteiger partial charge in [-0.05, 0) is 13.0 Å². The summed E-state index contributed by atoms with van der Waals surface area (Å²) in [6.45, 7) is 1.55. The lowest BCUT2D eigenvalue weighted by atomic mass is 10.2. The molecule has 0 saturated carbocycles. The van der Waals surface area contributed by atoms with Crippen LogP contribution in [0.3, 0.4) is 0 Å². The second-order valence-electron chi connectivity index (χ2n) is 2.94. The molecule has 0 atom stereocenters. The fourth-order valence-electron chi connectivity index (χ4n) is 1.30. The summed E-state index contributed by atoms with van der Waals surface area (Å²) in [4.78, 5) is 22.0. The normalized spacial score (nSPS) is 10.5. The molecule has 4 heteroatoms. The number of Topliss-reactive ketones (excluding diaryl/α,β-unsaturated/α-hetero) is 1. The van der Waals surface area contributed by atoms with Crippen LogP contribution in [0.5, 0.6) is 0 Å². The van der Waals surface area contributed by atoms with Gasteiger partial charge in [0.15, 0.2) is 0 Å². The van der Waals surface area contributed by atoms with E-state index in [9.17, 15) is 4.79 Å². The smallest absolute Gasteiger partial charge is 0.135 e. The number of ketones is 1. The Morgan fingerprint density at radius 2 is 2.38 bits per heavy atom. The monoisotopic (exact) mass is 175 g/mol. The number of hydrogen-bond acceptors (Lipinski definition) is 3. The molecule has 0 bridgehead atoms. The van der Waals surface area contributed by atoms with Gasteiger partial charge in [-0.25, -0.2) is 9.97 Å². The van der Waals surface area contributed by atoms with Crippen LogP contribution in [-0.4, -0.2) is 20.7 Å². The summed E-state index contributed by atoms with van der Waals surface area (Å²) in [7, 11) is 0. The van der Waals surface area contributed by atoms with Crippen LogP contribution in [0.1, 0.15) is 12.6 Å². The number of carbonyl (C=O) groups excluding carboxylic acids is 1. The highest BCUT2D eigenvalue weighted by Gasteiger charge is 2.05. The average Bonchev–Trinajstić information content (AvgIpc) is 2.51. The lowest BCUT2D eigenvalue weighted by Gasteiger charge is -1.97. The molecule has 0 aliphatic carbocycles. The van der Waals surface area contributed by atoms with Gasteiger partial charge in [0, 0.05) is 6.20 Å². The highest BCUT2D eigenvalue weighted by atomic mass is 16.1. The van der Waals surface area contributed by atoms with E-state index in [1.807, 2.05) is 6.07 Å². The first kappa shape index (κ1) is 7.91. The Morgan fingerprint density at radius 1 is 1.54 bits per heavy atom. The largest absolute Gasteiger partial charge is 0.358 e. The Balaban J connectivity index is 2.54. The van der Waals surface area contributed by atoms with Crippen molar-refractivity contribution in [3.05, 3.63) is 24.3 Å². The first-order valence-corrected chi connectivity index (χ1v) is 4.04. The average molecular weight is 175 g/mol. The maximum atomic E-state index is 10.9. The van der Waals surface area contributed by atoms with Crippen molar-refractivity contribution in [2.24, 2.45) is 0 Å². The number of rotatable bonds is 2. The molecule has 0 saturated heterocycles. The zero-order valence-electron chi connectivity index (χ0n) is 7.24. The predicted molar refractivity (Wildman–Crippen MR) is 48.3 cm³/mol. The van der Waals surface area contributed by atoms with Crippen LogP contribution in [0.2, 0.25) is 0 Å². The topological polar surface area (TPSA) is 58.6 Å². The molecule has 2 aromatic heterocycles. The number of aromatic nitrogens is 3. The van der Waals surface area contributed by atoms with Crippen molar-refractivity contribution in [2.45, 2.75) is 13.3 Å². The van der Waals surface area contributed by atoms with E-state index < -0.39 is 0 Å². The number of fused-ring (bicyclic) bond motifs is 1. The summed E-state index contributed by atoms with van der Waals surface area (Å²) in [5.74, 6) is 0.106. The Bertz CT molecular complexity index is 447. The SMILES string of the molecule is CC(=O)Cc1ncnc2cc[nH]c12. The molecule has 0 aliphatic rings. The number of nitrogens with zero attached hydrogens (tertiary/aromatic N) is 2. The fourth-order valence-corrected chi connectivity index (χ4v) is 1.30. The van der Waals surface area contributed by atoms with Crippen LogP contribution in [-0.2, 0) is 11.2 Å². The van der Waals surface area contributed by atoms with E-state index in [1.165, 1.54) is 6.33 Å². The number of aromatic amines is 1.